The first-order valence-corrected chi connectivity index (χ1v) is 5.13. The van der Waals surface area contributed by atoms with Gasteiger partial charge in [-0.3, -0.25) is 0 Å². The van der Waals surface area contributed by atoms with Gasteiger partial charge in [0.05, 0.1) is 12.3 Å². The molecule has 0 saturated carbocycles. The average molecular weight is 201 g/mol. The minimum absolute atomic E-state index is 0.270. The van der Waals surface area contributed by atoms with Crippen LogP contribution in [0.3, 0.4) is 0 Å². The van der Waals surface area contributed by atoms with Crippen molar-refractivity contribution in [3.05, 3.63) is 0 Å². The molecule has 0 radical (unpaired) electrons. The Morgan fingerprint density at radius 1 is 1.36 bits per heavy atom. The fourth-order valence-electron chi connectivity index (χ4n) is 1.22. The van der Waals surface area contributed by atoms with Crippen molar-refractivity contribution >= 4 is 5.71 Å². The maximum atomic E-state index is 8.59. The van der Waals surface area contributed by atoms with Crippen LogP contribution in [0, 0.1) is 0 Å². The summed E-state index contributed by atoms with van der Waals surface area (Å²) in [5, 5.41) is 12.6. The van der Waals surface area contributed by atoms with Crippen molar-refractivity contribution in [1.82, 2.24) is 0 Å². The van der Waals surface area contributed by atoms with E-state index in [2.05, 4.69) is 5.16 Å². The monoisotopic (exact) mass is 201 g/mol. The summed E-state index contributed by atoms with van der Waals surface area (Å²) in [7, 11) is 0. The molecule has 1 N–H and O–H groups in total. The molecule has 0 spiro atoms. The summed E-state index contributed by atoms with van der Waals surface area (Å²) in [6.07, 6.45) is 3.82. The molecule has 14 heavy (non-hydrogen) atoms. The third-order valence-electron chi connectivity index (χ3n) is 2.10. The standard InChI is InChI=1S/C10H19NO3/c1-10(2)13-8-9(11-14-10)6-4-3-5-7-12/h12H,3-8H2,1-2H3. The highest BCUT2D eigenvalue weighted by atomic mass is 16.8. The molecule has 0 aromatic heterocycles. The van der Waals surface area contributed by atoms with E-state index in [1.807, 2.05) is 13.8 Å². The highest BCUT2D eigenvalue weighted by Crippen LogP contribution is 2.17. The van der Waals surface area contributed by atoms with Gasteiger partial charge in [0.15, 0.2) is 0 Å². The molecule has 1 rings (SSSR count). The summed E-state index contributed by atoms with van der Waals surface area (Å²) in [5.74, 6) is -0.575. The molecule has 1 heterocycles. The Morgan fingerprint density at radius 3 is 2.71 bits per heavy atom. The Labute approximate surface area is 84.9 Å². The van der Waals surface area contributed by atoms with Crippen molar-refractivity contribution in [1.29, 1.82) is 0 Å². The van der Waals surface area contributed by atoms with E-state index in [1.165, 1.54) is 0 Å². The lowest BCUT2D eigenvalue weighted by Gasteiger charge is -2.27. The van der Waals surface area contributed by atoms with Gasteiger partial charge in [-0.05, 0) is 19.3 Å². The number of aliphatic hydroxyl groups is 1. The van der Waals surface area contributed by atoms with E-state index in [9.17, 15) is 0 Å². The maximum Gasteiger partial charge on any atom is 0.231 e. The van der Waals surface area contributed by atoms with E-state index in [0.29, 0.717) is 6.61 Å². The zero-order valence-corrected chi connectivity index (χ0v) is 8.95. The second-order valence-electron chi connectivity index (χ2n) is 3.97. The quantitative estimate of drug-likeness (QED) is 0.688. The van der Waals surface area contributed by atoms with Crippen LogP contribution in [0.2, 0.25) is 0 Å². The molecule has 0 amide bonds. The number of hydrogen-bond acceptors (Lipinski definition) is 4. The van der Waals surface area contributed by atoms with Crippen LogP contribution in [0.25, 0.3) is 0 Å². The number of oxime groups is 1. The Balaban J connectivity index is 2.17. The van der Waals surface area contributed by atoms with Gasteiger partial charge in [-0.25, -0.2) is 0 Å². The zero-order chi connectivity index (χ0) is 10.4. The topological polar surface area (TPSA) is 51.0 Å². The van der Waals surface area contributed by atoms with Crippen molar-refractivity contribution in [3.63, 3.8) is 0 Å². The van der Waals surface area contributed by atoms with Gasteiger partial charge < -0.3 is 14.7 Å². The first-order chi connectivity index (χ1) is 6.64. The van der Waals surface area contributed by atoms with Gasteiger partial charge in [0.25, 0.3) is 0 Å². The summed E-state index contributed by atoms with van der Waals surface area (Å²) in [6.45, 7) is 4.52. The average Bonchev–Trinajstić information content (AvgIpc) is 2.15. The minimum atomic E-state index is -0.575. The zero-order valence-electron chi connectivity index (χ0n) is 8.95. The van der Waals surface area contributed by atoms with Gasteiger partial charge in [0, 0.05) is 20.5 Å². The van der Waals surface area contributed by atoms with E-state index in [1.54, 1.807) is 0 Å². The molecule has 0 fully saturated rings. The van der Waals surface area contributed by atoms with Gasteiger partial charge in [-0.1, -0.05) is 11.6 Å². The van der Waals surface area contributed by atoms with Crippen LogP contribution in [-0.2, 0) is 9.57 Å². The SMILES string of the molecule is CC1(C)OCC(CCCCCO)=NO1. The summed E-state index contributed by atoms with van der Waals surface area (Å²) < 4.78 is 5.43. The van der Waals surface area contributed by atoms with E-state index in [0.717, 1.165) is 31.4 Å². The van der Waals surface area contributed by atoms with E-state index in [4.69, 9.17) is 14.7 Å². The predicted molar refractivity (Wildman–Crippen MR) is 54.1 cm³/mol. The molecule has 0 saturated heterocycles. The van der Waals surface area contributed by atoms with Gasteiger partial charge in [-0.2, -0.15) is 0 Å². The van der Waals surface area contributed by atoms with Crippen LogP contribution in [0.4, 0.5) is 0 Å². The second kappa shape index (κ2) is 5.32. The highest BCUT2D eigenvalue weighted by Gasteiger charge is 2.25. The molecule has 1 aliphatic rings. The highest BCUT2D eigenvalue weighted by molar-refractivity contribution is 5.85. The van der Waals surface area contributed by atoms with Crippen LogP contribution < -0.4 is 0 Å². The summed E-state index contributed by atoms with van der Waals surface area (Å²) in [5.41, 5.74) is 0.960. The fourth-order valence-corrected chi connectivity index (χ4v) is 1.22. The molecule has 82 valence electrons. The Bertz CT molecular complexity index is 202. The van der Waals surface area contributed by atoms with Crippen LogP contribution in [-0.4, -0.2) is 29.8 Å². The molecule has 0 aromatic carbocycles. The lowest BCUT2D eigenvalue weighted by molar-refractivity contribution is -0.217. The molecule has 0 atom stereocenters. The number of aliphatic hydroxyl groups excluding tert-OH is 1. The normalized spacial score (nSPS) is 20.1. The Hall–Kier alpha value is -0.610. The Morgan fingerprint density at radius 2 is 2.14 bits per heavy atom. The third-order valence-corrected chi connectivity index (χ3v) is 2.10. The van der Waals surface area contributed by atoms with Crippen LogP contribution in [0.15, 0.2) is 5.16 Å². The van der Waals surface area contributed by atoms with Crippen LogP contribution in [0.5, 0.6) is 0 Å². The number of unbranched alkanes of at least 4 members (excludes halogenated alkanes) is 2. The summed E-state index contributed by atoms with van der Waals surface area (Å²) in [4.78, 5) is 5.15. The Kier molecular flexibility index (Phi) is 4.35. The van der Waals surface area contributed by atoms with Crippen molar-refractivity contribution in [3.8, 4) is 0 Å². The maximum absolute atomic E-state index is 8.59. The first-order valence-electron chi connectivity index (χ1n) is 5.13. The van der Waals surface area contributed by atoms with Gasteiger partial charge in [-0.15, -0.1) is 0 Å². The van der Waals surface area contributed by atoms with E-state index < -0.39 is 5.79 Å². The molecular formula is C10H19NO3. The fraction of sp³-hybridized carbons (Fsp3) is 0.900. The third kappa shape index (κ3) is 4.07. The predicted octanol–water partition coefficient (Wildman–Crippen LogP) is 1.68. The number of rotatable bonds is 5. The number of hydrogen-bond donors (Lipinski definition) is 1. The molecular weight excluding hydrogens is 182 g/mol. The van der Waals surface area contributed by atoms with E-state index >= 15 is 0 Å². The number of ether oxygens (including phenoxy) is 1. The first kappa shape index (κ1) is 11.5. The van der Waals surface area contributed by atoms with Gasteiger partial charge in [0.2, 0.25) is 5.79 Å². The molecule has 0 unspecified atom stereocenters. The molecule has 4 nitrogen and oxygen atoms in total. The van der Waals surface area contributed by atoms with Gasteiger partial charge >= 0.3 is 0 Å². The largest absolute Gasteiger partial charge is 0.396 e. The van der Waals surface area contributed by atoms with Crippen molar-refractivity contribution in [2.24, 2.45) is 5.16 Å². The smallest absolute Gasteiger partial charge is 0.231 e. The van der Waals surface area contributed by atoms with Crippen LogP contribution >= 0.6 is 0 Å². The van der Waals surface area contributed by atoms with Crippen molar-refractivity contribution in [2.45, 2.75) is 45.3 Å². The molecule has 4 heteroatoms. The summed E-state index contributed by atoms with van der Waals surface area (Å²) in [6, 6.07) is 0. The van der Waals surface area contributed by atoms with Gasteiger partial charge in [0.1, 0.15) is 0 Å². The van der Waals surface area contributed by atoms with Crippen molar-refractivity contribution < 1.29 is 14.7 Å². The lowest BCUT2D eigenvalue weighted by Crippen LogP contribution is -2.33. The second-order valence-corrected chi connectivity index (χ2v) is 3.97. The molecule has 0 aromatic rings. The lowest BCUT2D eigenvalue weighted by atomic mass is 10.1. The molecule has 1 aliphatic heterocycles. The molecule has 0 bridgehead atoms. The number of nitrogens with zero attached hydrogens (tertiary/aromatic N) is 1. The van der Waals surface area contributed by atoms with Crippen LogP contribution in [0.1, 0.15) is 39.5 Å². The molecule has 0 aliphatic carbocycles. The van der Waals surface area contributed by atoms with E-state index in [-0.39, 0.29) is 6.61 Å². The minimum Gasteiger partial charge on any atom is -0.396 e. The summed E-state index contributed by atoms with van der Waals surface area (Å²) >= 11 is 0. The van der Waals surface area contributed by atoms with Crippen molar-refractivity contribution in [2.75, 3.05) is 13.2 Å².